The molecule has 0 aromatic carbocycles. The second-order valence-electron chi connectivity index (χ2n) is 5.69. The molecule has 1 aliphatic rings. The number of hydrogen-bond acceptors (Lipinski definition) is 6. The summed E-state index contributed by atoms with van der Waals surface area (Å²) in [7, 11) is 0. The van der Waals surface area contributed by atoms with Gasteiger partial charge in [0, 0.05) is 13.2 Å². The molecule has 0 aliphatic carbocycles. The van der Waals surface area contributed by atoms with E-state index in [0.29, 0.717) is 35.7 Å². The van der Waals surface area contributed by atoms with Gasteiger partial charge in [-0.2, -0.15) is 4.98 Å². The highest BCUT2D eigenvalue weighted by molar-refractivity contribution is 5.67. The molecule has 2 heterocycles. The Morgan fingerprint density at radius 1 is 1.43 bits per heavy atom. The molecule has 1 saturated heterocycles. The van der Waals surface area contributed by atoms with E-state index in [2.05, 4.69) is 29.1 Å². The first-order chi connectivity index (χ1) is 10.1. The molecule has 1 atom stereocenters. The van der Waals surface area contributed by atoms with Crippen LogP contribution in [0.5, 0.6) is 5.88 Å². The minimum absolute atomic E-state index is 0.0459. The molecule has 1 unspecified atom stereocenters. The summed E-state index contributed by atoms with van der Waals surface area (Å²) in [6, 6.07) is 0. The highest BCUT2D eigenvalue weighted by Gasteiger charge is 2.23. The van der Waals surface area contributed by atoms with Gasteiger partial charge in [-0.05, 0) is 32.1 Å². The lowest BCUT2D eigenvalue weighted by molar-refractivity contribution is 0.104. The van der Waals surface area contributed by atoms with Gasteiger partial charge in [-0.3, -0.25) is 0 Å². The molecule has 1 fully saturated rings. The summed E-state index contributed by atoms with van der Waals surface area (Å²) >= 11 is 0. The van der Waals surface area contributed by atoms with Crippen molar-refractivity contribution in [2.24, 2.45) is 5.92 Å². The number of nitrogen functional groups attached to an aromatic ring is 1. The smallest absolute Gasteiger partial charge is 0.242 e. The number of rotatable bonds is 7. The quantitative estimate of drug-likeness (QED) is 0.804. The van der Waals surface area contributed by atoms with Crippen LogP contribution in [-0.2, 0) is 4.74 Å². The second-order valence-corrected chi connectivity index (χ2v) is 5.69. The van der Waals surface area contributed by atoms with Crippen LogP contribution in [0.15, 0.2) is 0 Å². The lowest BCUT2D eigenvalue weighted by Crippen LogP contribution is -2.14. The molecule has 0 bridgehead atoms. The summed E-state index contributed by atoms with van der Waals surface area (Å²) in [6.07, 6.45) is 3.00. The lowest BCUT2D eigenvalue weighted by atomic mass is 10.1. The van der Waals surface area contributed by atoms with E-state index >= 15 is 0 Å². The van der Waals surface area contributed by atoms with Gasteiger partial charge >= 0.3 is 0 Å². The minimum Gasteiger partial charge on any atom is -0.476 e. The van der Waals surface area contributed by atoms with Crippen LogP contribution in [0.4, 0.5) is 11.5 Å². The second kappa shape index (κ2) is 7.45. The largest absolute Gasteiger partial charge is 0.476 e. The topological polar surface area (TPSA) is 82.3 Å². The maximum atomic E-state index is 6.10. The Labute approximate surface area is 126 Å². The molecule has 1 aromatic heterocycles. The molecule has 0 spiro atoms. The zero-order valence-corrected chi connectivity index (χ0v) is 13.2. The first-order valence-corrected chi connectivity index (χ1v) is 7.77. The van der Waals surface area contributed by atoms with Crippen LogP contribution >= 0.6 is 0 Å². The van der Waals surface area contributed by atoms with Crippen molar-refractivity contribution in [2.45, 2.75) is 46.1 Å². The molecule has 2 rings (SSSR count). The fraction of sp³-hybridized carbons (Fsp3) is 0.733. The first-order valence-electron chi connectivity index (χ1n) is 7.77. The Hall–Kier alpha value is -1.56. The predicted octanol–water partition coefficient (Wildman–Crippen LogP) is 2.77. The highest BCUT2D eigenvalue weighted by Crippen LogP contribution is 2.32. The maximum Gasteiger partial charge on any atom is 0.242 e. The van der Waals surface area contributed by atoms with Gasteiger partial charge in [0.05, 0.1) is 6.61 Å². The molecule has 0 amide bonds. The standard InChI is InChI=1S/C15H26N4O2/c1-4-20-15-12(16)14(17-8-7-10(2)3)18-13(19-15)11-6-5-9-21-11/h10-11H,4-9,16H2,1-3H3,(H,17,18,19). The Morgan fingerprint density at radius 2 is 2.24 bits per heavy atom. The fourth-order valence-electron chi connectivity index (χ4n) is 2.25. The van der Waals surface area contributed by atoms with E-state index in [4.69, 9.17) is 15.2 Å². The summed E-state index contributed by atoms with van der Waals surface area (Å²) in [4.78, 5) is 8.97. The predicted molar refractivity (Wildman–Crippen MR) is 83.5 cm³/mol. The van der Waals surface area contributed by atoms with Gasteiger partial charge in [-0.15, -0.1) is 0 Å². The van der Waals surface area contributed by atoms with E-state index < -0.39 is 0 Å². The number of ether oxygens (including phenoxy) is 2. The molecular formula is C15H26N4O2. The monoisotopic (exact) mass is 294 g/mol. The average Bonchev–Trinajstić information content (AvgIpc) is 2.96. The van der Waals surface area contributed by atoms with E-state index in [1.165, 1.54) is 0 Å². The van der Waals surface area contributed by atoms with Gasteiger partial charge in [0.15, 0.2) is 11.6 Å². The first kappa shape index (κ1) is 15.8. The summed E-state index contributed by atoms with van der Waals surface area (Å²) in [5.74, 6) is 2.39. The Kier molecular flexibility index (Phi) is 5.61. The summed E-state index contributed by atoms with van der Waals surface area (Å²) < 4.78 is 11.2. The van der Waals surface area contributed by atoms with Crippen molar-refractivity contribution in [3.8, 4) is 5.88 Å². The van der Waals surface area contributed by atoms with Gasteiger partial charge in [0.25, 0.3) is 0 Å². The fourth-order valence-corrected chi connectivity index (χ4v) is 2.25. The number of nitrogens with two attached hydrogens (primary N) is 1. The van der Waals surface area contributed by atoms with Crippen LogP contribution in [0.1, 0.15) is 52.0 Å². The zero-order valence-electron chi connectivity index (χ0n) is 13.2. The van der Waals surface area contributed by atoms with Gasteiger partial charge in [0.2, 0.25) is 5.88 Å². The van der Waals surface area contributed by atoms with Crippen LogP contribution in [0.3, 0.4) is 0 Å². The Bertz CT molecular complexity index is 459. The van der Waals surface area contributed by atoms with E-state index in [0.717, 1.165) is 32.4 Å². The van der Waals surface area contributed by atoms with Crippen molar-refractivity contribution in [1.29, 1.82) is 0 Å². The number of nitrogens with one attached hydrogen (secondary N) is 1. The van der Waals surface area contributed by atoms with E-state index in [9.17, 15) is 0 Å². The van der Waals surface area contributed by atoms with Crippen LogP contribution in [0, 0.1) is 5.92 Å². The molecule has 118 valence electrons. The molecule has 6 nitrogen and oxygen atoms in total. The Morgan fingerprint density at radius 3 is 2.86 bits per heavy atom. The summed E-state index contributed by atoms with van der Waals surface area (Å²) in [5, 5.41) is 3.30. The zero-order chi connectivity index (χ0) is 15.2. The van der Waals surface area contributed by atoms with Gasteiger partial charge in [0.1, 0.15) is 11.8 Å². The number of anilines is 2. The van der Waals surface area contributed by atoms with E-state index in [-0.39, 0.29) is 6.10 Å². The van der Waals surface area contributed by atoms with Gasteiger partial charge < -0.3 is 20.5 Å². The van der Waals surface area contributed by atoms with Crippen molar-refractivity contribution in [3.05, 3.63) is 5.82 Å². The van der Waals surface area contributed by atoms with Crippen molar-refractivity contribution < 1.29 is 9.47 Å². The van der Waals surface area contributed by atoms with E-state index in [1.807, 2.05) is 6.92 Å². The molecule has 3 N–H and O–H groups in total. The number of nitrogens with zero attached hydrogens (tertiary/aromatic N) is 2. The Balaban J connectivity index is 2.19. The summed E-state index contributed by atoms with van der Waals surface area (Å²) in [6.45, 7) is 8.41. The van der Waals surface area contributed by atoms with Crippen LogP contribution in [0.25, 0.3) is 0 Å². The average molecular weight is 294 g/mol. The van der Waals surface area contributed by atoms with Gasteiger partial charge in [-0.1, -0.05) is 13.8 Å². The SMILES string of the molecule is CCOc1nc(C2CCCO2)nc(NCCC(C)C)c1N. The minimum atomic E-state index is -0.0459. The molecule has 1 aromatic rings. The number of hydrogen-bond donors (Lipinski definition) is 2. The van der Waals surface area contributed by atoms with Crippen LogP contribution < -0.4 is 15.8 Å². The van der Waals surface area contributed by atoms with Crippen molar-refractivity contribution in [1.82, 2.24) is 9.97 Å². The van der Waals surface area contributed by atoms with Crippen molar-refractivity contribution >= 4 is 11.5 Å². The normalized spacial score (nSPS) is 18.2. The maximum absolute atomic E-state index is 6.10. The number of aromatic nitrogens is 2. The van der Waals surface area contributed by atoms with Crippen molar-refractivity contribution in [3.63, 3.8) is 0 Å². The highest BCUT2D eigenvalue weighted by atomic mass is 16.5. The third-order valence-electron chi connectivity index (χ3n) is 3.44. The molecule has 6 heteroatoms. The third-order valence-corrected chi connectivity index (χ3v) is 3.44. The van der Waals surface area contributed by atoms with E-state index in [1.54, 1.807) is 0 Å². The molecule has 1 aliphatic heterocycles. The molecule has 0 saturated carbocycles. The van der Waals surface area contributed by atoms with Gasteiger partial charge in [-0.25, -0.2) is 4.98 Å². The van der Waals surface area contributed by atoms with Crippen molar-refractivity contribution in [2.75, 3.05) is 30.8 Å². The summed E-state index contributed by atoms with van der Waals surface area (Å²) in [5.41, 5.74) is 6.57. The molecule has 0 radical (unpaired) electrons. The molecule has 21 heavy (non-hydrogen) atoms. The van der Waals surface area contributed by atoms with Crippen LogP contribution in [0.2, 0.25) is 0 Å². The van der Waals surface area contributed by atoms with Crippen LogP contribution in [-0.4, -0.2) is 29.7 Å². The molecular weight excluding hydrogens is 268 g/mol. The lowest BCUT2D eigenvalue weighted by Gasteiger charge is -2.16. The third kappa shape index (κ3) is 4.20.